The second-order valence-corrected chi connectivity index (χ2v) is 6.80. The van der Waals surface area contributed by atoms with Crippen LogP contribution in [-0.4, -0.2) is 30.9 Å². The van der Waals surface area contributed by atoms with Crippen LogP contribution < -0.4 is 14.5 Å². The summed E-state index contributed by atoms with van der Waals surface area (Å²) in [6.45, 7) is 5.84. The van der Waals surface area contributed by atoms with E-state index < -0.39 is 0 Å². The quantitative estimate of drug-likeness (QED) is 0.620. The largest absolute Gasteiger partial charge is 0.482 e. The van der Waals surface area contributed by atoms with E-state index in [1.807, 2.05) is 6.92 Å². The molecular weight excluding hydrogens is 332 g/mol. The van der Waals surface area contributed by atoms with Gasteiger partial charge < -0.3 is 9.64 Å². The first-order valence-corrected chi connectivity index (χ1v) is 8.82. The minimum absolute atomic E-state index is 0.0307. The Morgan fingerprint density at radius 2 is 1.73 bits per heavy atom. The number of ether oxygens (including phenoxy) is 1. The average molecular weight is 352 g/mol. The molecule has 3 amide bonds. The van der Waals surface area contributed by atoms with Crippen LogP contribution in [0.15, 0.2) is 35.9 Å². The fourth-order valence-corrected chi connectivity index (χ4v) is 3.87. The number of rotatable bonds is 3. The smallest absolute Gasteiger partial charge is 0.265 e. The molecule has 2 heterocycles. The predicted octanol–water partition coefficient (Wildman–Crippen LogP) is 2.65. The van der Waals surface area contributed by atoms with Gasteiger partial charge in [0.05, 0.1) is 11.4 Å². The van der Waals surface area contributed by atoms with Crippen LogP contribution in [0.3, 0.4) is 0 Å². The summed E-state index contributed by atoms with van der Waals surface area (Å²) in [6, 6.07) is 3.49. The molecule has 6 heteroatoms. The molecule has 1 aliphatic carbocycles. The number of hydrogen-bond donors (Lipinski definition) is 0. The number of aryl methyl sites for hydroxylation is 1. The van der Waals surface area contributed by atoms with Crippen molar-refractivity contribution in [2.45, 2.75) is 32.6 Å². The minimum Gasteiger partial charge on any atom is -0.482 e. The van der Waals surface area contributed by atoms with Crippen molar-refractivity contribution in [1.82, 2.24) is 0 Å². The highest BCUT2D eigenvalue weighted by atomic mass is 16.5. The zero-order valence-electron chi connectivity index (χ0n) is 14.7. The summed E-state index contributed by atoms with van der Waals surface area (Å²) in [5.74, 6) is -0.0645. The molecule has 3 aliphatic rings. The highest BCUT2D eigenvalue weighted by molar-refractivity contribution is 6.33. The predicted molar refractivity (Wildman–Crippen MR) is 97.2 cm³/mol. The van der Waals surface area contributed by atoms with Gasteiger partial charge in [-0.25, -0.2) is 4.90 Å². The number of imide groups is 1. The Labute approximate surface area is 151 Å². The lowest BCUT2D eigenvalue weighted by Crippen LogP contribution is -2.39. The third-order valence-corrected chi connectivity index (χ3v) is 5.16. The second kappa shape index (κ2) is 6.12. The number of carbonyl (C=O) groups excluding carboxylic acids is 3. The van der Waals surface area contributed by atoms with Crippen molar-refractivity contribution in [3.63, 3.8) is 0 Å². The number of anilines is 2. The third kappa shape index (κ3) is 2.36. The molecule has 4 rings (SSSR count). The minimum atomic E-state index is -0.230. The summed E-state index contributed by atoms with van der Waals surface area (Å²) in [7, 11) is 0. The van der Waals surface area contributed by atoms with Gasteiger partial charge in [0.1, 0.15) is 5.75 Å². The normalized spacial score (nSPS) is 19.5. The lowest BCUT2D eigenvalue weighted by atomic mass is 9.93. The zero-order chi connectivity index (χ0) is 18.4. The van der Waals surface area contributed by atoms with Crippen molar-refractivity contribution in [3.8, 4) is 5.75 Å². The number of nitrogens with zero attached hydrogens (tertiary/aromatic N) is 2. The van der Waals surface area contributed by atoms with Gasteiger partial charge in [-0.1, -0.05) is 6.08 Å². The van der Waals surface area contributed by atoms with Crippen molar-refractivity contribution in [3.05, 3.63) is 41.5 Å². The van der Waals surface area contributed by atoms with Gasteiger partial charge in [0.15, 0.2) is 6.61 Å². The molecule has 0 bridgehead atoms. The molecule has 0 fully saturated rings. The van der Waals surface area contributed by atoms with Crippen molar-refractivity contribution < 1.29 is 19.1 Å². The van der Waals surface area contributed by atoms with E-state index in [2.05, 4.69) is 6.58 Å². The van der Waals surface area contributed by atoms with Gasteiger partial charge in [0.2, 0.25) is 0 Å². The molecule has 1 aromatic carbocycles. The number of fused-ring (bicyclic) bond motifs is 1. The van der Waals surface area contributed by atoms with E-state index in [4.69, 9.17) is 4.74 Å². The van der Waals surface area contributed by atoms with Gasteiger partial charge in [-0.2, -0.15) is 0 Å². The molecular formula is C20H20N2O4. The van der Waals surface area contributed by atoms with Crippen LogP contribution in [0.1, 0.15) is 31.2 Å². The lowest BCUT2D eigenvalue weighted by Gasteiger charge is -2.30. The standard InChI is InChI=1S/C20H20N2O4/c1-3-8-21-16-10-15(12(2)9-17(16)26-11-18(21)23)22-19(24)13-6-4-5-7-14(13)20(22)25/h3,9-10H,1,4-8,11H2,2H3. The maximum atomic E-state index is 12.9. The molecule has 0 aromatic heterocycles. The van der Waals surface area contributed by atoms with Crippen LogP contribution >= 0.6 is 0 Å². The van der Waals surface area contributed by atoms with Crippen LogP contribution in [-0.2, 0) is 14.4 Å². The maximum absolute atomic E-state index is 12.9. The number of hydrogen-bond acceptors (Lipinski definition) is 4. The lowest BCUT2D eigenvalue weighted by molar-refractivity contribution is -0.121. The highest BCUT2D eigenvalue weighted by Gasteiger charge is 2.41. The fraction of sp³-hybridized carbons (Fsp3) is 0.350. The molecule has 0 radical (unpaired) electrons. The van der Waals surface area contributed by atoms with Gasteiger partial charge in [-0.05, 0) is 50.3 Å². The van der Waals surface area contributed by atoms with Crippen LogP contribution in [0.2, 0.25) is 0 Å². The molecule has 26 heavy (non-hydrogen) atoms. The topological polar surface area (TPSA) is 66.9 Å². The monoisotopic (exact) mass is 352 g/mol. The molecule has 0 N–H and O–H groups in total. The maximum Gasteiger partial charge on any atom is 0.265 e. The molecule has 0 saturated carbocycles. The van der Waals surface area contributed by atoms with Crippen molar-refractivity contribution >= 4 is 29.1 Å². The van der Waals surface area contributed by atoms with Gasteiger partial charge >= 0.3 is 0 Å². The van der Waals surface area contributed by atoms with Crippen molar-refractivity contribution in [2.75, 3.05) is 23.0 Å². The molecule has 0 atom stereocenters. The van der Waals surface area contributed by atoms with E-state index in [0.29, 0.717) is 47.7 Å². The first kappa shape index (κ1) is 16.6. The Bertz CT molecular complexity index is 856. The molecule has 134 valence electrons. The van der Waals surface area contributed by atoms with E-state index >= 15 is 0 Å². The third-order valence-electron chi connectivity index (χ3n) is 5.16. The summed E-state index contributed by atoms with van der Waals surface area (Å²) < 4.78 is 5.53. The summed E-state index contributed by atoms with van der Waals surface area (Å²) in [4.78, 5) is 40.7. The average Bonchev–Trinajstić information content (AvgIpc) is 2.89. The van der Waals surface area contributed by atoms with Crippen LogP contribution in [0.4, 0.5) is 11.4 Å². The molecule has 0 saturated heterocycles. The summed E-state index contributed by atoms with van der Waals surface area (Å²) >= 11 is 0. The number of amides is 3. The molecule has 6 nitrogen and oxygen atoms in total. The Balaban J connectivity index is 1.79. The first-order valence-electron chi connectivity index (χ1n) is 8.82. The van der Waals surface area contributed by atoms with Crippen molar-refractivity contribution in [2.24, 2.45) is 0 Å². The van der Waals surface area contributed by atoms with Crippen LogP contribution in [0.5, 0.6) is 5.75 Å². The van der Waals surface area contributed by atoms with Crippen LogP contribution in [0, 0.1) is 6.92 Å². The van der Waals surface area contributed by atoms with E-state index in [1.54, 1.807) is 23.1 Å². The summed E-state index contributed by atoms with van der Waals surface area (Å²) in [5, 5.41) is 0. The van der Waals surface area contributed by atoms with Crippen LogP contribution in [0.25, 0.3) is 0 Å². The number of carbonyl (C=O) groups is 3. The van der Waals surface area contributed by atoms with E-state index in [1.165, 1.54) is 4.90 Å². The summed E-state index contributed by atoms with van der Waals surface area (Å²) in [5.41, 5.74) is 3.13. The van der Waals surface area contributed by atoms with E-state index in [9.17, 15) is 14.4 Å². The highest BCUT2D eigenvalue weighted by Crippen LogP contribution is 2.42. The fourth-order valence-electron chi connectivity index (χ4n) is 3.87. The van der Waals surface area contributed by atoms with Gasteiger partial charge in [-0.15, -0.1) is 6.58 Å². The molecule has 2 aliphatic heterocycles. The summed E-state index contributed by atoms with van der Waals surface area (Å²) in [6.07, 6.45) is 4.82. The van der Waals surface area contributed by atoms with Gasteiger partial charge in [0, 0.05) is 17.7 Å². The Hall–Kier alpha value is -2.89. The second-order valence-electron chi connectivity index (χ2n) is 6.80. The first-order chi connectivity index (χ1) is 12.5. The molecule has 1 aromatic rings. The van der Waals surface area contributed by atoms with E-state index in [-0.39, 0.29) is 24.3 Å². The molecule has 0 unspecified atom stereocenters. The van der Waals surface area contributed by atoms with Gasteiger partial charge in [-0.3, -0.25) is 14.4 Å². The molecule has 0 spiro atoms. The Morgan fingerprint density at radius 3 is 2.35 bits per heavy atom. The SMILES string of the molecule is C=CCN1C(=O)COc2cc(C)c(N3C(=O)C4=C(CCCC4)C3=O)cc21. The van der Waals surface area contributed by atoms with Crippen molar-refractivity contribution in [1.29, 1.82) is 0 Å². The van der Waals surface area contributed by atoms with E-state index in [0.717, 1.165) is 18.4 Å². The number of benzene rings is 1. The Kier molecular flexibility index (Phi) is 3.90. The van der Waals surface area contributed by atoms with Gasteiger partial charge in [0.25, 0.3) is 17.7 Å². The Morgan fingerprint density at radius 1 is 1.08 bits per heavy atom. The zero-order valence-corrected chi connectivity index (χ0v) is 14.7.